The van der Waals surface area contributed by atoms with Crippen LogP contribution in [0.1, 0.15) is 17.2 Å². The molecule has 0 saturated carbocycles. The lowest BCUT2D eigenvalue weighted by Gasteiger charge is -2.27. The fourth-order valence-corrected chi connectivity index (χ4v) is 2.82. The summed E-state index contributed by atoms with van der Waals surface area (Å²) < 4.78 is 1.08. The molecule has 0 heterocycles. The van der Waals surface area contributed by atoms with E-state index >= 15 is 0 Å². The van der Waals surface area contributed by atoms with Gasteiger partial charge in [0.15, 0.2) is 0 Å². The van der Waals surface area contributed by atoms with E-state index in [1.165, 1.54) is 11.1 Å². The van der Waals surface area contributed by atoms with Gasteiger partial charge >= 0.3 is 0 Å². The van der Waals surface area contributed by atoms with Crippen LogP contribution < -0.4 is 5.73 Å². The molecule has 2 nitrogen and oxygen atoms in total. The Labute approximate surface area is 133 Å². The zero-order valence-electron chi connectivity index (χ0n) is 11.4. The molecule has 0 spiro atoms. The molecule has 2 N–H and O–H groups in total. The number of hydrogen-bond donors (Lipinski definition) is 1. The van der Waals surface area contributed by atoms with E-state index in [1.807, 2.05) is 36.4 Å². The van der Waals surface area contributed by atoms with Crippen LogP contribution in [0.4, 0.5) is 0 Å². The summed E-state index contributed by atoms with van der Waals surface area (Å²) in [5, 5.41) is 0.763. The Kier molecular flexibility index (Phi) is 5.61. The summed E-state index contributed by atoms with van der Waals surface area (Å²) in [5.41, 5.74) is 8.40. The Balaban J connectivity index is 2.13. The molecule has 0 amide bonds. The van der Waals surface area contributed by atoms with Gasteiger partial charge in [-0.15, -0.1) is 0 Å². The maximum absolute atomic E-state index is 5.96. The standard InChI is InChI=1S/C16H18BrClN2/c1-20(11-12-5-7-15(18)8-6-12)16(10-19)13-3-2-4-14(17)9-13/h2-9,16H,10-11,19H2,1H3. The van der Waals surface area contributed by atoms with Gasteiger partial charge in [-0.3, -0.25) is 4.90 Å². The zero-order chi connectivity index (χ0) is 14.5. The van der Waals surface area contributed by atoms with E-state index in [9.17, 15) is 0 Å². The Morgan fingerprint density at radius 1 is 1.20 bits per heavy atom. The summed E-state index contributed by atoms with van der Waals surface area (Å²) in [6.07, 6.45) is 0. The molecule has 0 aliphatic rings. The largest absolute Gasteiger partial charge is 0.329 e. The molecule has 2 aromatic carbocycles. The van der Waals surface area contributed by atoms with Crippen LogP contribution >= 0.6 is 27.5 Å². The number of rotatable bonds is 5. The average Bonchev–Trinajstić information content (AvgIpc) is 2.42. The second kappa shape index (κ2) is 7.23. The second-order valence-corrected chi connectivity index (χ2v) is 6.20. The zero-order valence-corrected chi connectivity index (χ0v) is 13.7. The van der Waals surface area contributed by atoms with Crippen LogP contribution in [-0.2, 0) is 6.54 Å². The molecule has 0 aliphatic carbocycles. The molecule has 0 aromatic heterocycles. The number of benzene rings is 2. The van der Waals surface area contributed by atoms with Crippen LogP contribution in [0.25, 0.3) is 0 Å². The molecule has 0 bridgehead atoms. The van der Waals surface area contributed by atoms with E-state index in [0.717, 1.165) is 16.0 Å². The maximum Gasteiger partial charge on any atom is 0.0471 e. The van der Waals surface area contributed by atoms with Crippen LogP contribution in [0.5, 0.6) is 0 Å². The highest BCUT2D eigenvalue weighted by Gasteiger charge is 2.15. The van der Waals surface area contributed by atoms with E-state index in [0.29, 0.717) is 6.54 Å². The van der Waals surface area contributed by atoms with Crippen molar-refractivity contribution in [2.75, 3.05) is 13.6 Å². The summed E-state index contributed by atoms with van der Waals surface area (Å²) in [6.45, 7) is 1.42. The van der Waals surface area contributed by atoms with Crippen molar-refractivity contribution in [1.82, 2.24) is 4.90 Å². The smallest absolute Gasteiger partial charge is 0.0471 e. The fourth-order valence-electron chi connectivity index (χ4n) is 2.27. The number of halogens is 2. The third-order valence-corrected chi connectivity index (χ3v) is 4.08. The molecule has 0 radical (unpaired) electrons. The number of likely N-dealkylation sites (N-methyl/N-ethyl adjacent to an activating group) is 1. The third-order valence-electron chi connectivity index (χ3n) is 3.33. The molecule has 0 aliphatic heterocycles. The number of nitrogens with two attached hydrogens (primary N) is 1. The van der Waals surface area contributed by atoms with Gasteiger partial charge in [-0.25, -0.2) is 0 Å². The molecule has 2 rings (SSSR count). The summed E-state index contributed by atoms with van der Waals surface area (Å²) in [4.78, 5) is 2.25. The first kappa shape index (κ1) is 15.5. The molecule has 106 valence electrons. The lowest BCUT2D eigenvalue weighted by Crippen LogP contribution is -2.30. The SMILES string of the molecule is CN(Cc1ccc(Cl)cc1)C(CN)c1cccc(Br)c1. The summed E-state index contributed by atoms with van der Waals surface area (Å²) in [7, 11) is 2.09. The van der Waals surface area contributed by atoms with Crippen molar-refractivity contribution in [2.45, 2.75) is 12.6 Å². The Hall–Kier alpha value is -0.870. The lowest BCUT2D eigenvalue weighted by atomic mass is 10.1. The van der Waals surface area contributed by atoms with Gasteiger partial charge < -0.3 is 5.73 Å². The summed E-state index contributed by atoms with van der Waals surface area (Å²) in [5.74, 6) is 0. The van der Waals surface area contributed by atoms with Crippen molar-refractivity contribution < 1.29 is 0 Å². The van der Waals surface area contributed by atoms with E-state index in [1.54, 1.807) is 0 Å². The number of hydrogen-bond acceptors (Lipinski definition) is 2. The monoisotopic (exact) mass is 352 g/mol. The van der Waals surface area contributed by atoms with Gasteiger partial charge in [-0.05, 0) is 42.4 Å². The Morgan fingerprint density at radius 2 is 1.90 bits per heavy atom. The van der Waals surface area contributed by atoms with Crippen molar-refractivity contribution in [3.8, 4) is 0 Å². The van der Waals surface area contributed by atoms with Crippen LogP contribution in [0.15, 0.2) is 53.0 Å². The first-order chi connectivity index (χ1) is 9.60. The molecule has 1 unspecified atom stereocenters. The van der Waals surface area contributed by atoms with Gasteiger partial charge in [0.2, 0.25) is 0 Å². The highest BCUT2D eigenvalue weighted by molar-refractivity contribution is 9.10. The minimum atomic E-state index is 0.197. The van der Waals surface area contributed by atoms with E-state index in [-0.39, 0.29) is 6.04 Å². The van der Waals surface area contributed by atoms with Crippen LogP contribution in [-0.4, -0.2) is 18.5 Å². The van der Waals surface area contributed by atoms with Crippen molar-refractivity contribution in [2.24, 2.45) is 5.73 Å². The van der Waals surface area contributed by atoms with Crippen molar-refractivity contribution in [3.05, 3.63) is 69.2 Å². The minimum Gasteiger partial charge on any atom is -0.329 e. The van der Waals surface area contributed by atoms with Crippen molar-refractivity contribution in [3.63, 3.8) is 0 Å². The summed E-state index contributed by atoms with van der Waals surface area (Å²) in [6, 6.07) is 16.4. The quantitative estimate of drug-likeness (QED) is 0.871. The molecule has 1 atom stereocenters. The molecule has 0 fully saturated rings. The normalized spacial score (nSPS) is 12.7. The van der Waals surface area contributed by atoms with Gasteiger partial charge in [-0.1, -0.05) is 51.8 Å². The van der Waals surface area contributed by atoms with Gasteiger partial charge in [0, 0.05) is 28.6 Å². The predicted octanol–water partition coefficient (Wildman–Crippen LogP) is 4.23. The summed E-state index contributed by atoms with van der Waals surface area (Å²) >= 11 is 9.42. The average molecular weight is 354 g/mol. The Morgan fingerprint density at radius 3 is 2.50 bits per heavy atom. The topological polar surface area (TPSA) is 29.3 Å². The molecule has 20 heavy (non-hydrogen) atoms. The third kappa shape index (κ3) is 4.06. The first-order valence-electron chi connectivity index (χ1n) is 6.50. The maximum atomic E-state index is 5.96. The first-order valence-corrected chi connectivity index (χ1v) is 7.67. The van der Waals surface area contributed by atoms with Gasteiger partial charge in [0.05, 0.1) is 0 Å². The van der Waals surface area contributed by atoms with Crippen molar-refractivity contribution in [1.29, 1.82) is 0 Å². The number of nitrogens with zero attached hydrogens (tertiary/aromatic N) is 1. The minimum absolute atomic E-state index is 0.197. The van der Waals surface area contributed by atoms with Crippen LogP contribution in [0, 0.1) is 0 Å². The van der Waals surface area contributed by atoms with Crippen molar-refractivity contribution >= 4 is 27.5 Å². The van der Waals surface area contributed by atoms with E-state index in [4.69, 9.17) is 17.3 Å². The molecule has 2 aromatic rings. The van der Waals surface area contributed by atoms with Gasteiger partial charge in [0.25, 0.3) is 0 Å². The van der Waals surface area contributed by atoms with E-state index < -0.39 is 0 Å². The molecule has 4 heteroatoms. The molecule has 0 saturated heterocycles. The van der Waals surface area contributed by atoms with Gasteiger partial charge in [-0.2, -0.15) is 0 Å². The van der Waals surface area contributed by atoms with Gasteiger partial charge in [0.1, 0.15) is 0 Å². The predicted molar refractivity (Wildman–Crippen MR) is 88.9 cm³/mol. The lowest BCUT2D eigenvalue weighted by molar-refractivity contribution is 0.242. The Bertz CT molecular complexity index is 557. The fraction of sp³-hybridized carbons (Fsp3) is 0.250. The second-order valence-electron chi connectivity index (χ2n) is 4.85. The highest BCUT2D eigenvalue weighted by atomic mass is 79.9. The molecular formula is C16H18BrClN2. The highest BCUT2D eigenvalue weighted by Crippen LogP contribution is 2.23. The van der Waals surface area contributed by atoms with Crippen LogP contribution in [0.3, 0.4) is 0 Å². The van der Waals surface area contributed by atoms with E-state index in [2.05, 4.69) is 40.0 Å². The van der Waals surface area contributed by atoms with Crippen LogP contribution in [0.2, 0.25) is 5.02 Å². The molecular weight excluding hydrogens is 336 g/mol.